The molecule has 1 aliphatic rings. The minimum atomic E-state index is -3.73. The molecule has 1 aliphatic carbocycles. The zero-order valence-corrected chi connectivity index (χ0v) is 11.2. The lowest BCUT2D eigenvalue weighted by atomic mass is 10.3. The molecule has 1 fully saturated rings. The monoisotopic (exact) mass is 271 g/mol. The number of ether oxygens (including phenoxy) is 2. The second-order valence-electron chi connectivity index (χ2n) is 4.64. The van der Waals surface area contributed by atoms with E-state index in [1.807, 2.05) is 13.8 Å². The maximum Gasteiger partial charge on any atom is 0.238 e. The van der Waals surface area contributed by atoms with E-state index in [1.165, 1.54) is 12.1 Å². The van der Waals surface area contributed by atoms with Crippen LogP contribution in [0.5, 0.6) is 11.5 Å². The zero-order chi connectivity index (χ0) is 13.3. The van der Waals surface area contributed by atoms with Gasteiger partial charge in [0.15, 0.2) is 11.5 Å². The third-order valence-corrected chi connectivity index (χ3v) is 3.34. The van der Waals surface area contributed by atoms with Crippen LogP contribution in [-0.2, 0) is 10.0 Å². The molecule has 2 N–H and O–H groups in total. The van der Waals surface area contributed by atoms with E-state index in [1.54, 1.807) is 6.07 Å². The molecule has 0 radical (unpaired) electrons. The van der Waals surface area contributed by atoms with E-state index in [0.717, 1.165) is 12.8 Å². The van der Waals surface area contributed by atoms with Crippen LogP contribution in [0.25, 0.3) is 0 Å². The summed E-state index contributed by atoms with van der Waals surface area (Å²) >= 11 is 0. The molecule has 0 heterocycles. The van der Waals surface area contributed by atoms with Crippen LogP contribution in [0.2, 0.25) is 0 Å². The number of rotatable bonds is 5. The maximum absolute atomic E-state index is 11.3. The lowest BCUT2D eigenvalue weighted by molar-refractivity contribution is 0.217. The van der Waals surface area contributed by atoms with E-state index >= 15 is 0 Å². The van der Waals surface area contributed by atoms with Gasteiger partial charge in [-0.15, -0.1) is 0 Å². The van der Waals surface area contributed by atoms with Crippen LogP contribution in [0.3, 0.4) is 0 Å². The van der Waals surface area contributed by atoms with Gasteiger partial charge in [-0.25, -0.2) is 13.6 Å². The molecule has 1 aromatic rings. The predicted octanol–water partition coefficient (Wildman–Crippen LogP) is 1.66. The molecule has 0 saturated heterocycles. The van der Waals surface area contributed by atoms with Crippen molar-refractivity contribution in [1.29, 1.82) is 0 Å². The Morgan fingerprint density at radius 2 is 1.94 bits per heavy atom. The van der Waals surface area contributed by atoms with Crippen LogP contribution in [-0.4, -0.2) is 20.6 Å². The van der Waals surface area contributed by atoms with Gasteiger partial charge in [0.25, 0.3) is 0 Å². The molecule has 0 aromatic heterocycles. The summed E-state index contributed by atoms with van der Waals surface area (Å²) in [5, 5.41) is 5.10. The first-order chi connectivity index (χ1) is 8.36. The fraction of sp³-hybridized carbons (Fsp3) is 0.500. The van der Waals surface area contributed by atoms with Crippen molar-refractivity contribution < 1.29 is 17.9 Å². The zero-order valence-electron chi connectivity index (χ0n) is 10.4. The standard InChI is InChI=1S/C12H17NO4S/c1-8(2)16-12-7-10(18(13,14)15)5-6-11(12)17-9-3-4-9/h5-9H,3-4H2,1-2H3,(H2,13,14,15). The van der Waals surface area contributed by atoms with E-state index in [0.29, 0.717) is 11.5 Å². The Hall–Kier alpha value is -1.27. The lowest BCUT2D eigenvalue weighted by Crippen LogP contribution is -2.14. The van der Waals surface area contributed by atoms with Gasteiger partial charge in [0.2, 0.25) is 10.0 Å². The Balaban J connectivity index is 2.33. The van der Waals surface area contributed by atoms with Crippen molar-refractivity contribution in [3.63, 3.8) is 0 Å². The van der Waals surface area contributed by atoms with Gasteiger partial charge >= 0.3 is 0 Å². The van der Waals surface area contributed by atoms with Crippen LogP contribution < -0.4 is 14.6 Å². The van der Waals surface area contributed by atoms with Crippen LogP contribution in [0.15, 0.2) is 23.1 Å². The van der Waals surface area contributed by atoms with Gasteiger partial charge in [-0.2, -0.15) is 0 Å². The second-order valence-corrected chi connectivity index (χ2v) is 6.20. The highest BCUT2D eigenvalue weighted by Crippen LogP contribution is 2.35. The van der Waals surface area contributed by atoms with E-state index in [4.69, 9.17) is 14.6 Å². The van der Waals surface area contributed by atoms with Crippen molar-refractivity contribution in [2.45, 2.75) is 43.8 Å². The topological polar surface area (TPSA) is 78.6 Å². The SMILES string of the molecule is CC(C)Oc1cc(S(N)(=O)=O)ccc1OC1CC1. The van der Waals surface area contributed by atoms with Crippen LogP contribution >= 0.6 is 0 Å². The third-order valence-electron chi connectivity index (χ3n) is 2.42. The number of sulfonamides is 1. The van der Waals surface area contributed by atoms with Crippen molar-refractivity contribution in [3.8, 4) is 11.5 Å². The molecule has 0 aliphatic heterocycles. The molecule has 0 unspecified atom stereocenters. The molecule has 0 amide bonds. The Labute approximate surface area is 107 Å². The Morgan fingerprint density at radius 3 is 2.44 bits per heavy atom. The summed E-state index contributed by atoms with van der Waals surface area (Å²) < 4.78 is 33.8. The summed E-state index contributed by atoms with van der Waals surface area (Å²) in [5.41, 5.74) is 0. The first-order valence-corrected chi connectivity index (χ1v) is 7.41. The minimum absolute atomic E-state index is 0.0290. The normalized spacial score (nSPS) is 15.8. The van der Waals surface area contributed by atoms with Crippen molar-refractivity contribution in [2.24, 2.45) is 5.14 Å². The number of benzene rings is 1. The molecule has 2 rings (SSSR count). The van der Waals surface area contributed by atoms with E-state index in [-0.39, 0.29) is 17.1 Å². The molecule has 0 spiro atoms. The third kappa shape index (κ3) is 3.36. The Kier molecular flexibility index (Phi) is 3.49. The quantitative estimate of drug-likeness (QED) is 0.883. The van der Waals surface area contributed by atoms with Gasteiger partial charge in [-0.05, 0) is 38.8 Å². The molecular formula is C12H17NO4S. The Morgan fingerprint density at radius 1 is 1.28 bits per heavy atom. The van der Waals surface area contributed by atoms with Crippen molar-refractivity contribution in [3.05, 3.63) is 18.2 Å². The van der Waals surface area contributed by atoms with Crippen LogP contribution in [0.1, 0.15) is 26.7 Å². The highest BCUT2D eigenvalue weighted by atomic mass is 32.2. The molecule has 6 heteroatoms. The van der Waals surface area contributed by atoms with Crippen molar-refractivity contribution >= 4 is 10.0 Å². The molecule has 1 aromatic carbocycles. The molecule has 5 nitrogen and oxygen atoms in total. The van der Waals surface area contributed by atoms with Crippen LogP contribution in [0, 0.1) is 0 Å². The summed E-state index contributed by atoms with van der Waals surface area (Å²) in [5.74, 6) is 0.988. The molecule has 1 saturated carbocycles. The molecular weight excluding hydrogens is 254 g/mol. The average molecular weight is 271 g/mol. The summed E-state index contributed by atoms with van der Waals surface area (Å²) in [6.45, 7) is 3.73. The number of hydrogen-bond donors (Lipinski definition) is 1. The second kappa shape index (κ2) is 4.78. The van der Waals surface area contributed by atoms with Crippen LogP contribution in [0.4, 0.5) is 0 Å². The van der Waals surface area contributed by atoms with E-state index in [2.05, 4.69) is 0 Å². The van der Waals surface area contributed by atoms with Gasteiger partial charge < -0.3 is 9.47 Å². The fourth-order valence-electron chi connectivity index (χ4n) is 1.47. The molecule has 0 atom stereocenters. The molecule has 0 bridgehead atoms. The summed E-state index contributed by atoms with van der Waals surface area (Å²) in [4.78, 5) is 0.0290. The van der Waals surface area contributed by atoms with Crippen molar-refractivity contribution in [1.82, 2.24) is 0 Å². The fourth-order valence-corrected chi connectivity index (χ4v) is 2.00. The summed E-state index contributed by atoms with van der Waals surface area (Å²) in [6, 6.07) is 4.43. The number of primary sulfonamides is 1. The van der Waals surface area contributed by atoms with E-state index in [9.17, 15) is 8.42 Å². The average Bonchev–Trinajstić information content (AvgIpc) is 3.02. The Bertz CT molecular complexity index is 535. The highest BCUT2D eigenvalue weighted by Gasteiger charge is 2.25. The first-order valence-electron chi connectivity index (χ1n) is 5.86. The van der Waals surface area contributed by atoms with Gasteiger partial charge in [0.05, 0.1) is 17.1 Å². The smallest absolute Gasteiger partial charge is 0.238 e. The van der Waals surface area contributed by atoms with Gasteiger partial charge in [-0.1, -0.05) is 0 Å². The molecule has 100 valence electrons. The largest absolute Gasteiger partial charge is 0.487 e. The lowest BCUT2D eigenvalue weighted by Gasteiger charge is -2.15. The summed E-state index contributed by atoms with van der Waals surface area (Å²) in [7, 11) is -3.73. The highest BCUT2D eigenvalue weighted by molar-refractivity contribution is 7.89. The summed E-state index contributed by atoms with van der Waals surface area (Å²) in [6.07, 6.45) is 2.21. The number of hydrogen-bond acceptors (Lipinski definition) is 4. The predicted molar refractivity (Wildman–Crippen MR) is 67.2 cm³/mol. The number of nitrogens with two attached hydrogens (primary N) is 1. The van der Waals surface area contributed by atoms with Gasteiger partial charge in [-0.3, -0.25) is 0 Å². The van der Waals surface area contributed by atoms with Gasteiger partial charge in [0, 0.05) is 6.07 Å². The van der Waals surface area contributed by atoms with Gasteiger partial charge in [0.1, 0.15) is 0 Å². The minimum Gasteiger partial charge on any atom is -0.487 e. The van der Waals surface area contributed by atoms with E-state index < -0.39 is 10.0 Å². The molecule has 18 heavy (non-hydrogen) atoms. The maximum atomic E-state index is 11.3. The first kappa shape index (κ1) is 13.2. The van der Waals surface area contributed by atoms with Crippen molar-refractivity contribution in [2.75, 3.05) is 0 Å².